The third kappa shape index (κ3) is 3.29. The first-order valence-corrected chi connectivity index (χ1v) is 6.12. The number of nitrogens with zero attached hydrogens (tertiary/aromatic N) is 1. The highest BCUT2D eigenvalue weighted by Crippen LogP contribution is 2.32. The molecular weight excluding hydrogens is 212 g/mol. The molecule has 3 heteroatoms. The fourth-order valence-electron chi connectivity index (χ4n) is 1.94. The quantitative estimate of drug-likeness (QED) is 0.813. The van der Waals surface area contributed by atoms with Crippen LogP contribution in [0.1, 0.15) is 36.9 Å². The van der Waals surface area contributed by atoms with Gasteiger partial charge >= 0.3 is 0 Å². The van der Waals surface area contributed by atoms with Crippen molar-refractivity contribution in [2.45, 2.75) is 31.9 Å². The molecule has 1 saturated carbocycles. The highest BCUT2D eigenvalue weighted by atomic mass is 16.3. The number of aliphatic hydroxyl groups excluding tert-OH is 1. The molecule has 0 aromatic heterocycles. The van der Waals surface area contributed by atoms with E-state index in [9.17, 15) is 5.11 Å². The normalized spacial score (nSPS) is 18.4. The highest BCUT2D eigenvalue weighted by molar-refractivity contribution is 5.34. The third-order valence-corrected chi connectivity index (χ3v) is 3.32. The minimum Gasteiger partial charge on any atom is -0.392 e. The van der Waals surface area contributed by atoms with Gasteiger partial charge in [-0.05, 0) is 43.4 Å². The predicted octanol–water partition coefficient (Wildman–Crippen LogP) is 1.98. The standard InChI is InChI=1S/C14H18N2O/c1-10(16-9-14(17)12-5-6-12)13-4-2-3-11(7-13)8-15/h2-4,7,10,12,14,16-17H,5-6,9H2,1H3. The zero-order valence-corrected chi connectivity index (χ0v) is 10.1. The number of benzene rings is 1. The van der Waals surface area contributed by atoms with Crippen LogP contribution in [0.3, 0.4) is 0 Å². The molecule has 1 aliphatic carbocycles. The van der Waals surface area contributed by atoms with Gasteiger partial charge in [0.15, 0.2) is 0 Å². The zero-order chi connectivity index (χ0) is 12.3. The minimum atomic E-state index is -0.225. The van der Waals surface area contributed by atoms with E-state index in [2.05, 4.69) is 18.3 Å². The van der Waals surface area contributed by atoms with E-state index in [4.69, 9.17) is 5.26 Å². The molecule has 90 valence electrons. The van der Waals surface area contributed by atoms with Crippen LogP contribution in [-0.2, 0) is 0 Å². The van der Waals surface area contributed by atoms with Crippen LogP contribution in [0.2, 0.25) is 0 Å². The molecule has 0 radical (unpaired) electrons. The topological polar surface area (TPSA) is 56.0 Å². The number of hydrogen-bond acceptors (Lipinski definition) is 3. The van der Waals surface area contributed by atoms with Gasteiger partial charge in [-0.3, -0.25) is 0 Å². The maximum Gasteiger partial charge on any atom is 0.0991 e. The average molecular weight is 230 g/mol. The molecule has 3 nitrogen and oxygen atoms in total. The lowest BCUT2D eigenvalue weighted by Crippen LogP contribution is -2.30. The van der Waals surface area contributed by atoms with Crippen molar-refractivity contribution in [1.29, 1.82) is 5.26 Å². The second kappa shape index (κ2) is 5.31. The molecule has 0 heterocycles. The zero-order valence-electron chi connectivity index (χ0n) is 10.1. The predicted molar refractivity (Wildman–Crippen MR) is 66.3 cm³/mol. The molecule has 0 spiro atoms. The first-order chi connectivity index (χ1) is 8.20. The number of aliphatic hydroxyl groups is 1. The molecule has 1 aromatic rings. The van der Waals surface area contributed by atoms with Crippen molar-refractivity contribution >= 4 is 0 Å². The van der Waals surface area contributed by atoms with Gasteiger partial charge in [0.05, 0.1) is 17.7 Å². The summed E-state index contributed by atoms with van der Waals surface area (Å²) in [5.74, 6) is 0.500. The minimum absolute atomic E-state index is 0.164. The third-order valence-electron chi connectivity index (χ3n) is 3.32. The molecule has 1 aliphatic rings. The SMILES string of the molecule is CC(NCC(O)C1CC1)c1cccc(C#N)c1. The molecule has 1 aromatic carbocycles. The maximum absolute atomic E-state index is 9.77. The van der Waals surface area contributed by atoms with Gasteiger partial charge in [-0.15, -0.1) is 0 Å². The maximum atomic E-state index is 9.77. The van der Waals surface area contributed by atoms with Gasteiger partial charge < -0.3 is 10.4 Å². The van der Waals surface area contributed by atoms with E-state index in [-0.39, 0.29) is 12.1 Å². The lowest BCUT2D eigenvalue weighted by Gasteiger charge is -2.17. The van der Waals surface area contributed by atoms with Crippen molar-refractivity contribution in [1.82, 2.24) is 5.32 Å². The Kier molecular flexibility index (Phi) is 3.78. The number of hydrogen-bond donors (Lipinski definition) is 2. The van der Waals surface area contributed by atoms with E-state index in [1.54, 1.807) is 6.07 Å². The molecule has 17 heavy (non-hydrogen) atoms. The van der Waals surface area contributed by atoms with Crippen molar-refractivity contribution in [2.24, 2.45) is 5.92 Å². The summed E-state index contributed by atoms with van der Waals surface area (Å²) in [6.07, 6.45) is 2.08. The Balaban J connectivity index is 1.89. The van der Waals surface area contributed by atoms with Crippen LogP contribution in [0.5, 0.6) is 0 Å². The van der Waals surface area contributed by atoms with Gasteiger partial charge in [0.2, 0.25) is 0 Å². The van der Waals surface area contributed by atoms with Crippen LogP contribution in [0.4, 0.5) is 0 Å². The molecular formula is C14H18N2O. The van der Waals surface area contributed by atoms with Crippen LogP contribution >= 0.6 is 0 Å². The Morgan fingerprint density at radius 3 is 2.94 bits per heavy atom. The first-order valence-electron chi connectivity index (χ1n) is 6.12. The summed E-state index contributed by atoms with van der Waals surface area (Å²) in [7, 11) is 0. The summed E-state index contributed by atoms with van der Waals surface area (Å²) in [5, 5.41) is 21.9. The smallest absolute Gasteiger partial charge is 0.0991 e. The number of nitrogens with one attached hydrogen (secondary N) is 1. The van der Waals surface area contributed by atoms with Gasteiger partial charge in [-0.2, -0.15) is 5.26 Å². The van der Waals surface area contributed by atoms with Crippen LogP contribution in [0.25, 0.3) is 0 Å². The van der Waals surface area contributed by atoms with Gasteiger partial charge in [0, 0.05) is 12.6 Å². The van der Waals surface area contributed by atoms with Gasteiger partial charge in [-0.25, -0.2) is 0 Å². The lowest BCUT2D eigenvalue weighted by atomic mass is 10.1. The number of rotatable bonds is 5. The van der Waals surface area contributed by atoms with E-state index in [0.29, 0.717) is 18.0 Å². The summed E-state index contributed by atoms with van der Waals surface area (Å²) < 4.78 is 0. The van der Waals surface area contributed by atoms with Crippen molar-refractivity contribution in [3.05, 3.63) is 35.4 Å². The summed E-state index contributed by atoms with van der Waals surface area (Å²) >= 11 is 0. The van der Waals surface area contributed by atoms with E-state index in [1.807, 2.05) is 18.2 Å². The van der Waals surface area contributed by atoms with Crippen molar-refractivity contribution < 1.29 is 5.11 Å². The molecule has 0 amide bonds. The van der Waals surface area contributed by atoms with Crippen LogP contribution in [0, 0.1) is 17.2 Å². The van der Waals surface area contributed by atoms with Crippen molar-refractivity contribution in [2.75, 3.05) is 6.54 Å². The Morgan fingerprint density at radius 2 is 2.29 bits per heavy atom. The fraction of sp³-hybridized carbons (Fsp3) is 0.500. The van der Waals surface area contributed by atoms with Gasteiger partial charge in [0.1, 0.15) is 0 Å². The monoisotopic (exact) mass is 230 g/mol. The second-order valence-electron chi connectivity index (χ2n) is 4.77. The summed E-state index contributed by atoms with van der Waals surface area (Å²) in [4.78, 5) is 0. The van der Waals surface area contributed by atoms with Gasteiger partial charge in [0.25, 0.3) is 0 Å². The molecule has 2 unspecified atom stereocenters. The van der Waals surface area contributed by atoms with Gasteiger partial charge in [-0.1, -0.05) is 12.1 Å². The van der Waals surface area contributed by atoms with Crippen LogP contribution in [-0.4, -0.2) is 17.8 Å². The van der Waals surface area contributed by atoms with E-state index >= 15 is 0 Å². The van der Waals surface area contributed by atoms with E-state index in [1.165, 1.54) is 0 Å². The van der Waals surface area contributed by atoms with Crippen LogP contribution in [0.15, 0.2) is 24.3 Å². The van der Waals surface area contributed by atoms with E-state index < -0.39 is 0 Å². The Bertz CT molecular complexity index is 420. The average Bonchev–Trinajstić information content (AvgIpc) is 3.19. The molecule has 1 fully saturated rings. The van der Waals surface area contributed by atoms with Crippen molar-refractivity contribution in [3.63, 3.8) is 0 Å². The van der Waals surface area contributed by atoms with Crippen LogP contribution < -0.4 is 5.32 Å². The molecule has 0 saturated heterocycles. The molecule has 2 N–H and O–H groups in total. The Morgan fingerprint density at radius 1 is 1.53 bits per heavy atom. The van der Waals surface area contributed by atoms with Crippen molar-refractivity contribution in [3.8, 4) is 6.07 Å². The second-order valence-corrected chi connectivity index (χ2v) is 4.77. The Hall–Kier alpha value is -1.37. The molecule has 0 aliphatic heterocycles. The molecule has 2 atom stereocenters. The summed E-state index contributed by atoms with van der Waals surface area (Å²) in [6.45, 7) is 2.68. The number of nitriles is 1. The summed E-state index contributed by atoms with van der Waals surface area (Å²) in [6, 6.07) is 9.89. The molecule has 0 bridgehead atoms. The molecule has 2 rings (SSSR count). The largest absolute Gasteiger partial charge is 0.392 e. The fourth-order valence-corrected chi connectivity index (χ4v) is 1.94. The Labute approximate surface area is 102 Å². The first kappa shape index (κ1) is 12.1. The highest BCUT2D eigenvalue weighted by Gasteiger charge is 2.29. The van der Waals surface area contributed by atoms with E-state index in [0.717, 1.165) is 18.4 Å². The lowest BCUT2D eigenvalue weighted by molar-refractivity contribution is 0.145. The summed E-state index contributed by atoms with van der Waals surface area (Å²) in [5.41, 5.74) is 1.77.